The molecule has 1 fully saturated rings. The van der Waals surface area contributed by atoms with Crippen LogP contribution in [0.3, 0.4) is 0 Å². The van der Waals surface area contributed by atoms with Crippen molar-refractivity contribution in [1.29, 1.82) is 0 Å². The zero-order valence-electron chi connectivity index (χ0n) is 8.84. The molecule has 1 aliphatic heterocycles. The molecule has 1 saturated heterocycles. The first kappa shape index (κ1) is 10.1. The summed E-state index contributed by atoms with van der Waals surface area (Å²) in [6, 6.07) is 5.59. The molecule has 2 nitrogen and oxygen atoms in total. The summed E-state index contributed by atoms with van der Waals surface area (Å²) in [6.45, 7) is 6.70. The maximum atomic E-state index is 3.66. The van der Waals surface area contributed by atoms with Crippen molar-refractivity contribution < 1.29 is 0 Å². The van der Waals surface area contributed by atoms with Crippen molar-refractivity contribution in [2.45, 2.75) is 32.4 Å². The van der Waals surface area contributed by atoms with Gasteiger partial charge >= 0.3 is 0 Å². The lowest BCUT2D eigenvalue weighted by atomic mass is 10.2. The molecule has 2 unspecified atom stereocenters. The second-order valence-corrected chi connectivity index (χ2v) is 5.35. The highest BCUT2D eigenvalue weighted by Crippen LogP contribution is 2.23. The first-order chi connectivity index (χ1) is 6.75. The SMILES string of the molecule is Cc1ccc(C(C)NC2CCNC2)s1. The third kappa shape index (κ3) is 2.35. The van der Waals surface area contributed by atoms with E-state index in [0.29, 0.717) is 12.1 Å². The summed E-state index contributed by atoms with van der Waals surface area (Å²) in [6.07, 6.45) is 1.26. The standard InChI is InChI=1S/C11H18N2S/c1-8-3-4-11(14-8)9(2)13-10-5-6-12-7-10/h3-4,9-10,12-13H,5-7H2,1-2H3. The number of hydrogen-bond donors (Lipinski definition) is 2. The van der Waals surface area contributed by atoms with Gasteiger partial charge in [-0.25, -0.2) is 0 Å². The fraction of sp³-hybridized carbons (Fsp3) is 0.636. The number of hydrogen-bond acceptors (Lipinski definition) is 3. The second-order valence-electron chi connectivity index (χ2n) is 4.03. The van der Waals surface area contributed by atoms with Gasteiger partial charge in [0.25, 0.3) is 0 Å². The largest absolute Gasteiger partial charge is 0.315 e. The van der Waals surface area contributed by atoms with Gasteiger partial charge < -0.3 is 10.6 Å². The monoisotopic (exact) mass is 210 g/mol. The van der Waals surface area contributed by atoms with Crippen molar-refractivity contribution in [3.63, 3.8) is 0 Å². The molecule has 0 saturated carbocycles. The van der Waals surface area contributed by atoms with Crippen LogP contribution in [-0.2, 0) is 0 Å². The molecule has 0 radical (unpaired) electrons. The van der Waals surface area contributed by atoms with Gasteiger partial charge in [-0.2, -0.15) is 0 Å². The topological polar surface area (TPSA) is 24.1 Å². The Morgan fingerprint density at radius 2 is 2.43 bits per heavy atom. The van der Waals surface area contributed by atoms with Crippen molar-refractivity contribution in [1.82, 2.24) is 10.6 Å². The first-order valence-electron chi connectivity index (χ1n) is 5.29. The van der Waals surface area contributed by atoms with Gasteiger partial charge in [0.05, 0.1) is 0 Å². The molecule has 0 amide bonds. The Morgan fingerprint density at radius 3 is 3.00 bits per heavy atom. The van der Waals surface area contributed by atoms with Gasteiger partial charge in [-0.3, -0.25) is 0 Å². The Balaban J connectivity index is 1.91. The van der Waals surface area contributed by atoms with Crippen molar-refractivity contribution in [3.05, 3.63) is 21.9 Å². The van der Waals surface area contributed by atoms with Crippen LogP contribution < -0.4 is 10.6 Å². The molecule has 1 aliphatic rings. The van der Waals surface area contributed by atoms with Crippen LogP contribution in [0.4, 0.5) is 0 Å². The van der Waals surface area contributed by atoms with Gasteiger partial charge in [-0.05, 0) is 38.9 Å². The van der Waals surface area contributed by atoms with Gasteiger partial charge in [-0.1, -0.05) is 0 Å². The molecule has 2 N–H and O–H groups in total. The molecule has 0 bridgehead atoms. The fourth-order valence-corrected chi connectivity index (χ4v) is 2.81. The van der Waals surface area contributed by atoms with E-state index in [2.05, 4.69) is 36.6 Å². The van der Waals surface area contributed by atoms with E-state index in [-0.39, 0.29) is 0 Å². The molecule has 2 atom stereocenters. The van der Waals surface area contributed by atoms with Crippen LogP contribution in [0.2, 0.25) is 0 Å². The predicted molar refractivity (Wildman–Crippen MR) is 61.9 cm³/mol. The van der Waals surface area contributed by atoms with Crippen LogP contribution in [0.15, 0.2) is 12.1 Å². The quantitative estimate of drug-likeness (QED) is 0.798. The normalized spacial score (nSPS) is 24.0. The molecule has 2 rings (SSSR count). The summed E-state index contributed by atoms with van der Waals surface area (Å²) in [4.78, 5) is 2.85. The molecule has 0 aromatic carbocycles. The first-order valence-corrected chi connectivity index (χ1v) is 6.10. The van der Waals surface area contributed by atoms with Gasteiger partial charge in [0, 0.05) is 28.4 Å². The van der Waals surface area contributed by atoms with Gasteiger partial charge in [0.2, 0.25) is 0 Å². The number of thiophene rings is 1. The molecule has 1 aromatic heterocycles. The lowest BCUT2D eigenvalue weighted by Gasteiger charge is -2.17. The van der Waals surface area contributed by atoms with Crippen LogP contribution in [0, 0.1) is 6.92 Å². The Hall–Kier alpha value is -0.380. The molecule has 0 aliphatic carbocycles. The Kier molecular flexibility index (Phi) is 3.21. The molecular weight excluding hydrogens is 192 g/mol. The van der Waals surface area contributed by atoms with Crippen LogP contribution in [0.5, 0.6) is 0 Å². The van der Waals surface area contributed by atoms with Gasteiger partial charge in [-0.15, -0.1) is 11.3 Å². The zero-order valence-corrected chi connectivity index (χ0v) is 9.66. The fourth-order valence-electron chi connectivity index (χ4n) is 1.92. The van der Waals surface area contributed by atoms with Crippen LogP contribution >= 0.6 is 11.3 Å². The summed E-state index contributed by atoms with van der Waals surface area (Å²) < 4.78 is 0. The van der Waals surface area contributed by atoms with Crippen LogP contribution in [-0.4, -0.2) is 19.1 Å². The highest BCUT2D eigenvalue weighted by Gasteiger charge is 2.17. The van der Waals surface area contributed by atoms with E-state index in [1.807, 2.05) is 11.3 Å². The minimum atomic E-state index is 0.499. The maximum absolute atomic E-state index is 3.66. The van der Waals surface area contributed by atoms with Gasteiger partial charge in [0.1, 0.15) is 0 Å². The minimum Gasteiger partial charge on any atom is -0.315 e. The summed E-state index contributed by atoms with van der Waals surface area (Å²) in [5.74, 6) is 0. The Bertz CT molecular complexity index is 289. The van der Waals surface area contributed by atoms with E-state index in [0.717, 1.165) is 13.1 Å². The molecule has 2 heterocycles. The smallest absolute Gasteiger partial charge is 0.0388 e. The number of nitrogens with one attached hydrogen (secondary N) is 2. The number of rotatable bonds is 3. The van der Waals surface area contributed by atoms with E-state index in [9.17, 15) is 0 Å². The molecule has 78 valence electrons. The lowest BCUT2D eigenvalue weighted by Crippen LogP contribution is -2.32. The van der Waals surface area contributed by atoms with Crippen LogP contribution in [0.1, 0.15) is 29.1 Å². The van der Waals surface area contributed by atoms with E-state index in [1.165, 1.54) is 16.2 Å². The lowest BCUT2D eigenvalue weighted by molar-refractivity contribution is 0.483. The van der Waals surface area contributed by atoms with E-state index in [1.54, 1.807) is 0 Å². The van der Waals surface area contributed by atoms with Crippen LogP contribution in [0.25, 0.3) is 0 Å². The Morgan fingerprint density at radius 1 is 1.57 bits per heavy atom. The third-order valence-corrected chi connectivity index (χ3v) is 3.92. The molecule has 1 aromatic rings. The van der Waals surface area contributed by atoms with Crippen molar-refractivity contribution >= 4 is 11.3 Å². The van der Waals surface area contributed by atoms with E-state index < -0.39 is 0 Å². The van der Waals surface area contributed by atoms with Crippen molar-refractivity contribution in [3.8, 4) is 0 Å². The zero-order chi connectivity index (χ0) is 9.97. The molecule has 3 heteroatoms. The predicted octanol–water partition coefficient (Wildman–Crippen LogP) is 2.07. The van der Waals surface area contributed by atoms with E-state index in [4.69, 9.17) is 0 Å². The molecule has 0 spiro atoms. The van der Waals surface area contributed by atoms with Crippen molar-refractivity contribution in [2.24, 2.45) is 0 Å². The second kappa shape index (κ2) is 4.43. The van der Waals surface area contributed by atoms with Crippen molar-refractivity contribution in [2.75, 3.05) is 13.1 Å². The maximum Gasteiger partial charge on any atom is 0.0388 e. The summed E-state index contributed by atoms with van der Waals surface area (Å²) in [7, 11) is 0. The summed E-state index contributed by atoms with van der Waals surface area (Å²) in [5, 5.41) is 7.03. The summed E-state index contributed by atoms with van der Waals surface area (Å²) in [5.41, 5.74) is 0. The highest BCUT2D eigenvalue weighted by molar-refractivity contribution is 7.12. The average molecular weight is 210 g/mol. The molecule has 14 heavy (non-hydrogen) atoms. The average Bonchev–Trinajstić information content (AvgIpc) is 2.75. The summed E-state index contributed by atoms with van der Waals surface area (Å²) >= 11 is 1.90. The van der Waals surface area contributed by atoms with Gasteiger partial charge in [0.15, 0.2) is 0 Å². The van der Waals surface area contributed by atoms with E-state index >= 15 is 0 Å². The third-order valence-electron chi connectivity index (χ3n) is 2.73. The number of aryl methyl sites for hydroxylation is 1. The molecular formula is C11H18N2S. The highest BCUT2D eigenvalue weighted by atomic mass is 32.1. The minimum absolute atomic E-state index is 0.499. The Labute approximate surface area is 89.7 Å².